The lowest BCUT2D eigenvalue weighted by Crippen LogP contribution is -2.45. The molecule has 0 amide bonds. The fraction of sp³-hybridized carbons (Fsp3) is 0.333. The number of carboxylic acid groups (broad SMARTS) is 1. The molecular weight excluding hydrogens is 254 g/mol. The second-order valence-corrected chi connectivity index (χ2v) is 5.06. The maximum Gasteiger partial charge on any atom is 0.321 e. The summed E-state index contributed by atoms with van der Waals surface area (Å²) in [6.07, 6.45) is 3.06. The van der Waals surface area contributed by atoms with Crippen molar-refractivity contribution in [3.63, 3.8) is 0 Å². The average Bonchev–Trinajstić information content (AvgIpc) is 2.94. The predicted octanol–water partition coefficient (Wildman–Crippen LogP) is 1.66. The molecule has 3 rings (SSSR count). The highest BCUT2D eigenvalue weighted by Crippen LogP contribution is 2.28. The van der Waals surface area contributed by atoms with Gasteiger partial charge < -0.3 is 10.1 Å². The predicted molar refractivity (Wildman–Crippen MR) is 74.5 cm³/mol. The van der Waals surface area contributed by atoms with E-state index in [1.54, 1.807) is 6.33 Å². The third kappa shape index (κ3) is 2.20. The van der Waals surface area contributed by atoms with Gasteiger partial charge in [0.05, 0.1) is 18.1 Å². The Kier molecular flexibility index (Phi) is 3.28. The van der Waals surface area contributed by atoms with Crippen molar-refractivity contribution in [2.75, 3.05) is 0 Å². The lowest BCUT2D eigenvalue weighted by molar-refractivity contribution is -0.139. The van der Waals surface area contributed by atoms with Crippen molar-refractivity contribution in [3.05, 3.63) is 53.1 Å². The summed E-state index contributed by atoms with van der Waals surface area (Å²) < 4.78 is 0. The molecule has 2 aromatic rings. The summed E-state index contributed by atoms with van der Waals surface area (Å²) in [5.74, 6) is -0.833. The number of aliphatic carboxylic acids is 1. The van der Waals surface area contributed by atoms with Crippen LogP contribution in [-0.2, 0) is 17.6 Å². The third-order valence-corrected chi connectivity index (χ3v) is 3.82. The molecule has 0 saturated heterocycles. The number of fused-ring (bicyclic) bond motifs is 1. The summed E-state index contributed by atoms with van der Waals surface area (Å²) in [6, 6.07) is 7.48. The molecule has 1 aromatic carbocycles. The number of nitrogens with one attached hydrogen (secondary N) is 2. The minimum Gasteiger partial charge on any atom is -0.480 e. The van der Waals surface area contributed by atoms with Crippen LogP contribution in [-0.4, -0.2) is 27.1 Å². The van der Waals surface area contributed by atoms with Crippen molar-refractivity contribution in [2.45, 2.75) is 31.8 Å². The first-order chi connectivity index (χ1) is 9.69. The molecule has 0 spiro atoms. The molecule has 0 bridgehead atoms. The van der Waals surface area contributed by atoms with Gasteiger partial charge in [0.2, 0.25) is 0 Å². The molecule has 3 N–H and O–H groups in total. The van der Waals surface area contributed by atoms with E-state index in [0.29, 0.717) is 6.42 Å². The van der Waals surface area contributed by atoms with Gasteiger partial charge in [-0.2, -0.15) is 0 Å². The van der Waals surface area contributed by atoms with Crippen molar-refractivity contribution >= 4 is 5.97 Å². The van der Waals surface area contributed by atoms with E-state index in [9.17, 15) is 9.90 Å². The van der Waals surface area contributed by atoms with Crippen LogP contribution in [0.1, 0.15) is 35.5 Å². The molecule has 2 atom stereocenters. The highest BCUT2D eigenvalue weighted by Gasteiger charge is 2.32. The van der Waals surface area contributed by atoms with Crippen LogP contribution in [0.4, 0.5) is 0 Å². The maximum atomic E-state index is 11.3. The Morgan fingerprint density at radius 3 is 2.80 bits per heavy atom. The molecule has 2 heterocycles. The quantitative estimate of drug-likeness (QED) is 0.793. The Morgan fingerprint density at radius 1 is 1.40 bits per heavy atom. The normalized spacial score (nSPS) is 21.4. The Balaban J connectivity index is 1.97. The van der Waals surface area contributed by atoms with Crippen LogP contribution in [0, 0.1) is 0 Å². The molecule has 20 heavy (non-hydrogen) atoms. The van der Waals surface area contributed by atoms with Crippen LogP contribution in [0.5, 0.6) is 0 Å². The molecular formula is C15H17N3O2. The summed E-state index contributed by atoms with van der Waals surface area (Å²) >= 11 is 0. The number of carbonyl (C=O) groups is 1. The number of nitrogens with zero attached hydrogens (tertiary/aromatic N) is 1. The lowest BCUT2D eigenvalue weighted by atomic mass is 9.93. The van der Waals surface area contributed by atoms with Gasteiger partial charge in [0, 0.05) is 12.1 Å². The number of hydrogen-bond acceptors (Lipinski definition) is 3. The highest BCUT2D eigenvalue weighted by atomic mass is 16.4. The maximum absolute atomic E-state index is 11.3. The van der Waals surface area contributed by atoms with Crippen molar-refractivity contribution in [2.24, 2.45) is 0 Å². The van der Waals surface area contributed by atoms with Gasteiger partial charge in [-0.15, -0.1) is 0 Å². The van der Waals surface area contributed by atoms with Gasteiger partial charge in [-0.3, -0.25) is 10.1 Å². The van der Waals surface area contributed by atoms with E-state index in [1.807, 2.05) is 12.1 Å². The number of aromatic amines is 1. The van der Waals surface area contributed by atoms with Gasteiger partial charge in [0.1, 0.15) is 6.04 Å². The van der Waals surface area contributed by atoms with E-state index < -0.39 is 12.0 Å². The van der Waals surface area contributed by atoms with Crippen molar-refractivity contribution < 1.29 is 9.90 Å². The summed E-state index contributed by atoms with van der Waals surface area (Å²) in [6.45, 7) is 2.11. The van der Waals surface area contributed by atoms with Crippen LogP contribution in [0.2, 0.25) is 0 Å². The number of carboxylic acids is 1. The average molecular weight is 271 g/mol. The standard InChI is InChI=1S/C15H17N3O2/c1-2-9-3-5-10(6-4-9)13-14-11(16-8-17-14)7-12(18-13)15(19)20/h3-6,8,12-13,18H,2,7H2,1H3,(H,16,17)(H,19,20)/t12-,13+/m0/s1. The molecule has 0 unspecified atom stereocenters. The van der Waals surface area contributed by atoms with Gasteiger partial charge in [-0.1, -0.05) is 31.2 Å². The number of hydrogen-bond donors (Lipinski definition) is 3. The Hall–Kier alpha value is -2.14. The fourth-order valence-electron chi connectivity index (χ4n) is 2.65. The molecule has 104 valence electrons. The molecule has 1 aromatic heterocycles. The molecule has 0 radical (unpaired) electrons. The summed E-state index contributed by atoms with van der Waals surface area (Å²) in [5, 5.41) is 12.4. The summed E-state index contributed by atoms with van der Waals surface area (Å²) in [7, 11) is 0. The van der Waals surface area contributed by atoms with E-state index in [4.69, 9.17) is 0 Å². The minimum atomic E-state index is -0.833. The zero-order valence-electron chi connectivity index (χ0n) is 11.3. The lowest BCUT2D eigenvalue weighted by Gasteiger charge is -2.28. The first-order valence-corrected chi connectivity index (χ1v) is 6.79. The molecule has 1 aliphatic heterocycles. The first kappa shape index (κ1) is 12.9. The van der Waals surface area contributed by atoms with Gasteiger partial charge >= 0.3 is 5.97 Å². The van der Waals surface area contributed by atoms with Crippen LogP contribution in [0.25, 0.3) is 0 Å². The minimum absolute atomic E-state index is 0.169. The number of aromatic nitrogens is 2. The van der Waals surface area contributed by atoms with Gasteiger partial charge in [-0.05, 0) is 17.5 Å². The van der Waals surface area contributed by atoms with Crippen molar-refractivity contribution in [1.82, 2.24) is 15.3 Å². The summed E-state index contributed by atoms with van der Waals surface area (Å²) in [5.41, 5.74) is 4.11. The van der Waals surface area contributed by atoms with Gasteiger partial charge in [0.15, 0.2) is 0 Å². The topological polar surface area (TPSA) is 78.0 Å². The second kappa shape index (κ2) is 5.09. The smallest absolute Gasteiger partial charge is 0.321 e. The largest absolute Gasteiger partial charge is 0.480 e. The molecule has 0 saturated carbocycles. The molecule has 5 nitrogen and oxygen atoms in total. The van der Waals surface area contributed by atoms with Crippen LogP contribution >= 0.6 is 0 Å². The van der Waals surface area contributed by atoms with E-state index in [-0.39, 0.29) is 6.04 Å². The van der Waals surface area contributed by atoms with E-state index in [2.05, 4.69) is 34.3 Å². The van der Waals surface area contributed by atoms with E-state index >= 15 is 0 Å². The number of aryl methyl sites for hydroxylation is 1. The van der Waals surface area contributed by atoms with Crippen molar-refractivity contribution in [1.29, 1.82) is 0 Å². The molecule has 0 fully saturated rings. The van der Waals surface area contributed by atoms with E-state index in [0.717, 1.165) is 23.4 Å². The van der Waals surface area contributed by atoms with Crippen molar-refractivity contribution in [3.8, 4) is 0 Å². The number of rotatable bonds is 3. The Bertz CT molecular complexity index is 618. The Morgan fingerprint density at radius 2 is 2.15 bits per heavy atom. The Labute approximate surface area is 117 Å². The van der Waals surface area contributed by atoms with Gasteiger partial charge in [-0.25, -0.2) is 4.98 Å². The second-order valence-electron chi connectivity index (χ2n) is 5.06. The van der Waals surface area contributed by atoms with Crippen LogP contribution < -0.4 is 5.32 Å². The van der Waals surface area contributed by atoms with Crippen LogP contribution in [0.3, 0.4) is 0 Å². The molecule has 1 aliphatic rings. The number of imidazole rings is 1. The van der Waals surface area contributed by atoms with Gasteiger partial charge in [0.25, 0.3) is 0 Å². The number of H-pyrrole nitrogens is 1. The monoisotopic (exact) mass is 271 g/mol. The molecule has 0 aliphatic carbocycles. The highest BCUT2D eigenvalue weighted by molar-refractivity contribution is 5.74. The number of benzene rings is 1. The van der Waals surface area contributed by atoms with Crippen LogP contribution in [0.15, 0.2) is 30.6 Å². The zero-order valence-corrected chi connectivity index (χ0v) is 11.3. The third-order valence-electron chi connectivity index (χ3n) is 3.82. The molecule has 5 heteroatoms. The summed E-state index contributed by atoms with van der Waals surface area (Å²) in [4.78, 5) is 18.7. The fourth-order valence-corrected chi connectivity index (χ4v) is 2.65. The SMILES string of the molecule is CCc1ccc([C@H]2N[C@H](C(=O)O)Cc3[nH]cnc32)cc1. The zero-order chi connectivity index (χ0) is 14.1. The van der Waals surface area contributed by atoms with E-state index in [1.165, 1.54) is 5.56 Å². The first-order valence-electron chi connectivity index (χ1n) is 6.79.